The van der Waals surface area contributed by atoms with Crippen LogP contribution in [0.3, 0.4) is 0 Å². The summed E-state index contributed by atoms with van der Waals surface area (Å²) in [6.45, 7) is 4.63. The second-order valence-corrected chi connectivity index (χ2v) is 5.20. The van der Waals surface area contributed by atoms with E-state index in [1.54, 1.807) is 24.3 Å². The van der Waals surface area contributed by atoms with Crippen LogP contribution in [0.25, 0.3) is 0 Å². The number of carbonyl (C=O) groups excluding carboxylic acids is 3. The smallest absolute Gasteiger partial charge is 0.162 e. The minimum Gasteiger partial charge on any atom is -0.298 e. The highest BCUT2D eigenvalue weighted by molar-refractivity contribution is 8.01. The van der Waals surface area contributed by atoms with Crippen LogP contribution in [0.2, 0.25) is 0 Å². The van der Waals surface area contributed by atoms with Gasteiger partial charge in [-0.2, -0.15) is 0 Å². The summed E-state index contributed by atoms with van der Waals surface area (Å²) in [5.41, 5.74) is 0.657. The second kappa shape index (κ2) is 6.50. The van der Waals surface area contributed by atoms with Crippen molar-refractivity contribution in [3.05, 3.63) is 29.8 Å². The average molecular weight is 264 g/mol. The lowest BCUT2D eigenvalue weighted by Crippen LogP contribution is -2.21. The number of carbonyl (C=O) groups is 3. The fourth-order valence-corrected chi connectivity index (χ4v) is 2.41. The molecule has 0 aliphatic carbocycles. The molecule has 0 radical (unpaired) electrons. The molecule has 3 nitrogen and oxygen atoms in total. The zero-order valence-electron chi connectivity index (χ0n) is 10.7. The summed E-state index contributed by atoms with van der Waals surface area (Å²) in [6, 6.07) is 7.00. The Hall–Kier alpha value is -1.42. The number of hydrogen-bond acceptors (Lipinski definition) is 4. The van der Waals surface area contributed by atoms with Crippen LogP contribution in [-0.4, -0.2) is 22.6 Å². The standard InChI is InChI=1S/C14H16O3S/c1-4-13(17)11-5-7-12(8-6-11)18-14(9(2)15)10(3)16/h5-8,14H,4H2,1-3H3. The normalized spacial score (nSPS) is 10.4. The van der Waals surface area contributed by atoms with Crippen LogP contribution < -0.4 is 0 Å². The van der Waals surface area contributed by atoms with E-state index in [4.69, 9.17) is 0 Å². The van der Waals surface area contributed by atoms with Crippen molar-refractivity contribution in [1.29, 1.82) is 0 Å². The van der Waals surface area contributed by atoms with Crippen LogP contribution in [0.15, 0.2) is 29.2 Å². The third-order valence-electron chi connectivity index (χ3n) is 2.49. The first-order chi connectivity index (χ1) is 8.45. The lowest BCUT2D eigenvalue weighted by molar-refractivity contribution is -0.123. The molecule has 0 bridgehead atoms. The molecule has 0 amide bonds. The fraction of sp³-hybridized carbons (Fsp3) is 0.357. The quantitative estimate of drug-likeness (QED) is 0.450. The Kier molecular flexibility index (Phi) is 5.28. The lowest BCUT2D eigenvalue weighted by Gasteiger charge is -2.09. The molecule has 0 aromatic heterocycles. The van der Waals surface area contributed by atoms with Gasteiger partial charge in [0.1, 0.15) is 5.25 Å². The zero-order valence-corrected chi connectivity index (χ0v) is 11.5. The maximum absolute atomic E-state index is 11.4. The molecule has 1 aromatic carbocycles. The number of thioether (sulfide) groups is 1. The summed E-state index contributed by atoms with van der Waals surface area (Å²) in [6.07, 6.45) is 0.468. The van der Waals surface area contributed by atoms with Crippen molar-refractivity contribution in [1.82, 2.24) is 0 Å². The van der Waals surface area contributed by atoms with Gasteiger partial charge in [-0.15, -0.1) is 11.8 Å². The molecule has 18 heavy (non-hydrogen) atoms. The van der Waals surface area contributed by atoms with Gasteiger partial charge in [0.05, 0.1) is 0 Å². The zero-order chi connectivity index (χ0) is 13.7. The van der Waals surface area contributed by atoms with Crippen molar-refractivity contribution in [2.75, 3.05) is 0 Å². The Balaban J connectivity index is 2.83. The van der Waals surface area contributed by atoms with E-state index in [0.29, 0.717) is 12.0 Å². The first kappa shape index (κ1) is 14.6. The number of Topliss-reactive ketones (excluding diaryl/α,β-unsaturated/α-hetero) is 3. The van der Waals surface area contributed by atoms with E-state index in [2.05, 4.69) is 0 Å². The Labute approximate surface area is 111 Å². The van der Waals surface area contributed by atoms with Gasteiger partial charge in [-0.05, 0) is 26.0 Å². The molecule has 0 N–H and O–H groups in total. The van der Waals surface area contributed by atoms with E-state index < -0.39 is 5.25 Å². The summed E-state index contributed by atoms with van der Waals surface area (Å²) < 4.78 is 0. The van der Waals surface area contributed by atoms with Crippen molar-refractivity contribution in [2.24, 2.45) is 0 Å². The molecule has 0 heterocycles. The van der Waals surface area contributed by atoms with Crippen molar-refractivity contribution in [3.63, 3.8) is 0 Å². The van der Waals surface area contributed by atoms with Gasteiger partial charge in [0.2, 0.25) is 0 Å². The van der Waals surface area contributed by atoms with Gasteiger partial charge in [-0.3, -0.25) is 14.4 Å². The van der Waals surface area contributed by atoms with Crippen molar-refractivity contribution in [2.45, 2.75) is 37.3 Å². The van der Waals surface area contributed by atoms with E-state index in [1.807, 2.05) is 6.92 Å². The lowest BCUT2D eigenvalue weighted by atomic mass is 10.1. The van der Waals surface area contributed by atoms with E-state index >= 15 is 0 Å². The molecule has 4 heteroatoms. The average Bonchev–Trinajstić information content (AvgIpc) is 2.35. The molecule has 1 aromatic rings. The Bertz CT molecular complexity index is 448. The molecule has 0 saturated carbocycles. The Morgan fingerprint density at radius 2 is 1.56 bits per heavy atom. The third kappa shape index (κ3) is 3.81. The molecule has 1 rings (SSSR count). The van der Waals surface area contributed by atoms with Gasteiger partial charge >= 0.3 is 0 Å². The summed E-state index contributed by atoms with van der Waals surface area (Å²) in [7, 11) is 0. The molecule has 0 atom stereocenters. The van der Waals surface area contributed by atoms with Crippen LogP contribution in [0, 0.1) is 0 Å². The van der Waals surface area contributed by atoms with Crippen molar-refractivity contribution in [3.8, 4) is 0 Å². The molecule has 0 aliphatic rings. The highest BCUT2D eigenvalue weighted by Gasteiger charge is 2.20. The summed E-state index contributed by atoms with van der Waals surface area (Å²) in [5.74, 6) is -0.219. The summed E-state index contributed by atoms with van der Waals surface area (Å²) >= 11 is 1.22. The fourth-order valence-electron chi connectivity index (χ4n) is 1.51. The van der Waals surface area contributed by atoms with Crippen LogP contribution in [-0.2, 0) is 9.59 Å². The number of rotatable bonds is 6. The Morgan fingerprint density at radius 1 is 1.06 bits per heavy atom. The predicted molar refractivity (Wildman–Crippen MR) is 72.1 cm³/mol. The van der Waals surface area contributed by atoms with Gasteiger partial charge in [-0.25, -0.2) is 0 Å². The van der Waals surface area contributed by atoms with E-state index in [-0.39, 0.29) is 17.3 Å². The summed E-state index contributed by atoms with van der Waals surface area (Å²) in [5, 5.41) is -0.655. The molecular weight excluding hydrogens is 248 g/mol. The van der Waals surface area contributed by atoms with Crippen molar-refractivity contribution >= 4 is 29.1 Å². The van der Waals surface area contributed by atoms with Crippen LogP contribution in [0.5, 0.6) is 0 Å². The van der Waals surface area contributed by atoms with E-state index in [1.165, 1.54) is 25.6 Å². The number of hydrogen-bond donors (Lipinski definition) is 0. The maximum atomic E-state index is 11.4. The second-order valence-electron chi connectivity index (χ2n) is 4.02. The minimum absolute atomic E-state index is 0.0845. The van der Waals surface area contributed by atoms with Crippen LogP contribution in [0.1, 0.15) is 37.6 Å². The molecule has 0 fully saturated rings. The highest BCUT2D eigenvalue weighted by atomic mass is 32.2. The third-order valence-corrected chi connectivity index (χ3v) is 3.93. The first-order valence-corrected chi connectivity index (χ1v) is 6.64. The van der Waals surface area contributed by atoms with Gasteiger partial charge in [-0.1, -0.05) is 19.1 Å². The van der Waals surface area contributed by atoms with E-state index in [9.17, 15) is 14.4 Å². The molecule has 96 valence electrons. The SMILES string of the molecule is CCC(=O)c1ccc(SC(C(C)=O)C(C)=O)cc1. The molecule has 0 saturated heterocycles. The molecule has 0 unspecified atom stereocenters. The van der Waals surface area contributed by atoms with Gasteiger partial charge in [0, 0.05) is 16.9 Å². The minimum atomic E-state index is -0.655. The maximum Gasteiger partial charge on any atom is 0.162 e. The van der Waals surface area contributed by atoms with Crippen LogP contribution >= 0.6 is 11.8 Å². The predicted octanol–water partition coefficient (Wildman–Crippen LogP) is 2.92. The topological polar surface area (TPSA) is 51.2 Å². The Morgan fingerprint density at radius 3 is 1.94 bits per heavy atom. The highest BCUT2D eigenvalue weighted by Crippen LogP contribution is 2.25. The van der Waals surface area contributed by atoms with Gasteiger partial charge in [0.15, 0.2) is 17.3 Å². The number of ketones is 3. The first-order valence-electron chi connectivity index (χ1n) is 5.76. The molecule has 0 aliphatic heterocycles. The van der Waals surface area contributed by atoms with E-state index in [0.717, 1.165) is 4.90 Å². The van der Waals surface area contributed by atoms with Gasteiger partial charge < -0.3 is 0 Å². The molecule has 0 spiro atoms. The number of benzene rings is 1. The molecular formula is C14H16O3S. The van der Waals surface area contributed by atoms with Crippen LogP contribution in [0.4, 0.5) is 0 Å². The van der Waals surface area contributed by atoms with Gasteiger partial charge in [0.25, 0.3) is 0 Å². The summed E-state index contributed by atoms with van der Waals surface area (Å²) in [4.78, 5) is 34.9. The largest absolute Gasteiger partial charge is 0.298 e. The van der Waals surface area contributed by atoms with Crippen molar-refractivity contribution < 1.29 is 14.4 Å². The monoisotopic (exact) mass is 264 g/mol.